The molecule has 4 heterocycles. The van der Waals surface area contributed by atoms with Gasteiger partial charge in [0.25, 0.3) is 0 Å². The minimum atomic E-state index is -0.397. The first-order valence-corrected chi connectivity index (χ1v) is 41.0. The van der Waals surface area contributed by atoms with Crippen LogP contribution in [0.3, 0.4) is 0 Å². The smallest absolute Gasteiger partial charge is 0.0629 e. The quantitative estimate of drug-likeness (QED) is 0.144. The number of nitrogens with zero attached hydrogens (tertiary/aromatic N) is 4. The number of fused-ring (bicyclic) bond motifs is 12. The van der Waals surface area contributed by atoms with Crippen molar-refractivity contribution in [1.82, 2.24) is 18.3 Å². The Bertz CT molecular complexity index is 7800. The molecule has 0 aliphatic rings. The Labute approximate surface area is 719 Å². The molecule has 19 aromatic rings. The van der Waals surface area contributed by atoms with Crippen LogP contribution >= 0.6 is 0 Å². The van der Waals surface area contributed by atoms with E-state index in [1.807, 2.05) is 91.0 Å². The van der Waals surface area contributed by atoms with Gasteiger partial charge >= 0.3 is 0 Å². The van der Waals surface area contributed by atoms with E-state index in [-0.39, 0.29) is 128 Å². The predicted octanol–water partition coefficient (Wildman–Crippen LogP) is 31.9. The fourth-order valence-electron chi connectivity index (χ4n) is 18.0. The predicted molar refractivity (Wildman–Crippen MR) is 511 cm³/mol. The summed E-state index contributed by atoms with van der Waals surface area (Å²) >= 11 is 0. The zero-order chi connectivity index (χ0) is 95.6. The molecule has 0 saturated carbocycles. The lowest BCUT2D eigenvalue weighted by molar-refractivity contribution is 0.535. The summed E-state index contributed by atoms with van der Waals surface area (Å²) in [5, 5.41) is 8.08. The zero-order valence-corrected chi connectivity index (χ0v) is 71.0. The molecule has 0 N–H and O–H groups in total. The van der Waals surface area contributed by atoms with Gasteiger partial charge in [-0.3, -0.25) is 0 Å². The molecule has 4 aromatic heterocycles. The van der Waals surface area contributed by atoms with Gasteiger partial charge < -0.3 is 18.3 Å². The van der Waals surface area contributed by atoms with Crippen LogP contribution in [0.15, 0.2) is 339 Å². The van der Waals surface area contributed by atoms with Gasteiger partial charge in [-0.05, 0) is 201 Å². The lowest BCUT2D eigenvalue weighted by atomic mass is 9.73. The van der Waals surface area contributed by atoms with E-state index in [4.69, 9.17) is 20.6 Å². The molecular weight excluding hydrogens is 1430 g/mol. The topological polar surface area (TPSA) is 19.7 Å². The molecule has 0 amide bonds. The molecule has 0 atom stereocenters. The minimum absolute atomic E-state index is 0.0560. The second kappa shape index (κ2) is 29.9. The van der Waals surface area contributed by atoms with Gasteiger partial charge in [0.1, 0.15) is 0 Å². The molecular formula is C114H110N4. The first-order valence-electron chi connectivity index (χ1n) is 48.5. The summed E-state index contributed by atoms with van der Waals surface area (Å²) in [6, 6.07) is 81.1. The fourth-order valence-corrected chi connectivity index (χ4v) is 18.0. The van der Waals surface area contributed by atoms with Crippen LogP contribution in [0.2, 0.25) is 0 Å². The number of hydrogen-bond donors (Lipinski definition) is 0. The van der Waals surface area contributed by atoms with E-state index in [0.717, 1.165) is 121 Å². The van der Waals surface area contributed by atoms with E-state index >= 15 is 0 Å². The molecule has 4 nitrogen and oxygen atoms in total. The van der Waals surface area contributed by atoms with Crippen molar-refractivity contribution in [1.29, 1.82) is 0 Å². The highest BCUT2D eigenvalue weighted by Crippen LogP contribution is 2.52. The van der Waals surface area contributed by atoms with Gasteiger partial charge in [-0.25, -0.2) is 0 Å². The average Bonchev–Trinajstić information content (AvgIpc) is 1.55. The molecule has 15 aromatic carbocycles. The van der Waals surface area contributed by atoms with Gasteiger partial charge in [-0.2, -0.15) is 0 Å². The van der Waals surface area contributed by atoms with Crippen LogP contribution in [-0.2, 0) is 32.5 Å². The maximum absolute atomic E-state index is 8.97. The van der Waals surface area contributed by atoms with E-state index in [0.29, 0.717) is 16.7 Å². The molecule has 0 aliphatic carbocycles. The van der Waals surface area contributed by atoms with Crippen molar-refractivity contribution in [3.63, 3.8) is 0 Å². The number of para-hydroxylation sites is 5. The summed E-state index contributed by atoms with van der Waals surface area (Å²) in [4.78, 5) is 0. The van der Waals surface area contributed by atoms with Gasteiger partial charge in [-0.1, -0.05) is 373 Å². The van der Waals surface area contributed by atoms with Crippen LogP contribution in [0.1, 0.15) is 179 Å². The number of benzene rings is 15. The molecule has 19 rings (SSSR count). The van der Waals surface area contributed by atoms with Gasteiger partial charge in [0.15, 0.2) is 0 Å². The molecule has 0 bridgehead atoms. The second-order valence-corrected chi connectivity index (χ2v) is 37.4. The molecule has 586 valence electrons. The van der Waals surface area contributed by atoms with E-state index in [9.17, 15) is 0 Å². The van der Waals surface area contributed by atoms with E-state index in [1.165, 1.54) is 33.0 Å². The SMILES string of the molecule is [2H]c1c([2H])c([2H])c(-c2cccc3c2c2c(C(C)(C)C)c(-c4cc(C(C)(C)C)cc(C(C)(C)C)c4)ccc2n3-c2ccccc2)c([2H])c1[2H].[2H]c1c([2H])c([2H])c(-c2cccc3c2c2c(C(C)(C)C)c(-n4c5ccccc5c5ccccc54)ccc2n3-c2ccccc2)c([2H])c1[2H].[2H]c1c([2H])c([2H])c(-c2cccc3c2c2c(C(C)(C)C)c(C(C)(C)C)ccc2n3-c2ccccc2)c([2H])c1[2H]. The standard InChI is InChI=1S/C42H45N.C40H32N2.C32H33N/c1-40(2,3)30-25-29(26-31(27-30)41(4,5)6)34-23-24-36-38(39(34)42(7,8)9)37-33(28-17-12-10-13-18-28)21-16-22-35(37)43(36)32-19-14-11-15-20-32;1-40(2,3)39-36(42-32-22-12-10-19-30(32)31-20-11-13-23-33(31)42)26-25-35-38(39)37-29(27-15-6-4-7-16-27)21-14-24-34(37)41(35)28-17-8-5-9-18-28;1-31(2,3)25-20-21-27-29(30(25)32(4,5)6)28-24(22-14-9-7-10-15-22)18-13-19-26(28)33(27)23-16-11-8-12-17-23/h10-27H,1-9H3;4-26H,1-3H3;7-21H,1-6H3/i10D,12D,13D,17D,18D;4D,6D,7D,15D,16D;7D,9D,10D,14D,15D. The Hall–Kier alpha value is -12.5. The first kappa shape index (κ1) is 61.8. The monoisotopic (exact) mass is 1550 g/mol. The number of hydrogen-bond acceptors (Lipinski definition) is 0. The summed E-state index contributed by atoms with van der Waals surface area (Å²) < 4.78 is 138. The zero-order valence-electron chi connectivity index (χ0n) is 86.0. The van der Waals surface area contributed by atoms with Crippen molar-refractivity contribution < 1.29 is 20.6 Å². The lowest BCUT2D eigenvalue weighted by Gasteiger charge is -2.31. The summed E-state index contributed by atoms with van der Waals surface area (Å²) in [5.41, 5.74) is 23.0. The average molecular weight is 1550 g/mol. The fraction of sp³-hybridized carbons (Fsp3) is 0.211. The Morgan fingerprint density at radius 1 is 0.212 bits per heavy atom. The molecule has 0 aliphatic heterocycles. The minimum Gasteiger partial charge on any atom is -0.309 e. The molecule has 118 heavy (non-hydrogen) atoms. The van der Waals surface area contributed by atoms with Gasteiger partial charge in [0.05, 0.1) is 70.4 Å². The van der Waals surface area contributed by atoms with E-state index < -0.39 is 12.1 Å². The maximum Gasteiger partial charge on any atom is 0.0629 e. The van der Waals surface area contributed by atoms with Crippen LogP contribution in [0.25, 0.3) is 154 Å². The molecule has 4 heteroatoms. The van der Waals surface area contributed by atoms with Crippen molar-refractivity contribution in [3.05, 3.63) is 373 Å². The summed E-state index contributed by atoms with van der Waals surface area (Å²) in [6.07, 6.45) is 0. The third-order valence-corrected chi connectivity index (χ3v) is 23.1. The summed E-state index contributed by atoms with van der Waals surface area (Å²) in [5.74, 6) is 0. The Balaban J connectivity index is 0.000000140. The van der Waals surface area contributed by atoms with Crippen LogP contribution in [0, 0.1) is 0 Å². The van der Waals surface area contributed by atoms with Crippen molar-refractivity contribution in [2.45, 2.75) is 157 Å². The molecule has 0 unspecified atom stereocenters. The Morgan fingerprint density at radius 2 is 0.525 bits per heavy atom. The van der Waals surface area contributed by atoms with Gasteiger partial charge in [-0.15, -0.1) is 0 Å². The van der Waals surface area contributed by atoms with Crippen molar-refractivity contribution in [2.24, 2.45) is 0 Å². The van der Waals surface area contributed by atoms with Gasteiger partial charge in [0, 0.05) is 60.2 Å². The third-order valence-electron chi connectivity index (χ3n) is 23.1. The Kier molecular flexibility index (Phi) is 15.7. The van der Waals surface area contributed by atoms with Crippen LogP contribution in [-0.4, -0.2) is 18.3 Å². The van der Waals surface area contributed by atoms with Crippen molar-refractivity contribution in [3.8, 4) is 67.3 Å². The first-order chi connectivity index (χ1) is 62.7. The number of rotatable bonds is 8. The van der Waals surface area contributed by atoms with Crippen LogP contribution < -0.4 is 0 Å². The molecule has 0 radical (unpaired) electrons. The van der Waals surface area contributed by atoms with Crippen molar-refractivity contribution >= 4 is 87.2 Å². The second-order valence-electron chi connectivity index (χ2n) is 37.4. The maximum atomic E-state index is 8.97. The van der Waals surface area contributed by atoms with Crippen molar-refractivity contribution in [2.75, 3.05) is 0 Å². The highest BCUT2D eigenvalue weighted by Gasteiger charge is 2.34. The van der Waals surface area contributed by atoms with Crippen LogP contribution in [0.5, 0.6) is 0 Å². The molecule has 0 spiro atoms. The number of aromatic nitrogens is 4. The largest absolute Gasteiger partial charge is 0.309 e. The van der Waals surface area contributed by atoms with Gasteiger partial charge in [0.2, 0.25) is 0 Å². The molecule has 0 saturated heterocycles. The van der Waals surface area contributed by atoms with E-state index in [1.54, 1.807) is 0 Å². The normalized spacial score (nSPS) is 14.3. The van der Waals surface area contributed by atoms with E-state index in [2.05, 4.69) is 301 Å². The molecule has 0 fully saturated rings. The lowest BCUT2D eigenvalue weighted by Crippen LogP contribution is -2.22. The summed E-state index contributed by atoms with van der Waals surface area (Å²) in [7, 11) is 0. The summed E-state index contributed by atoms with van der Waals surface area (Å²) in [6.45, 7) is 40.2. The highest BCUT2D eigenvalue weighted by molar-refractivity contribution is 6.21. The van der Waals surface area contributed by atoms with Crippen LogP contribution in [0.4, 0.5) is 0 Å². The Morgan fingerprint density at radius 3 is 0.881 bits per heavy atom. The highest BCUT2D eigenvalue weighted by atomic mass is 15.0. The third kappa shape index (κ3) is 14.0.